The number of carbonyl (C=O) groups excluding carboxylic acids is 1. The average molecular weight is 391 g/mol. The normalized spacial score (nSPS) is 10.7. The standard InChI is InChI=1S/C19H16Cl2N2OS/c1-23(11-13-6-2-4-8-16(13)20)18(24)10-14-12-25-19(22-14)15-7-3-5-9-17(15)21/h2-9,12H,10-11H2,1H3. The molecule has 0 radical (unpaired) electrons. The number of hydrogen-bond acceptors (Lipinski definition) is 3. The molecule has 0 spiro atoms. The zero-order valence-corrected chi connectivity index (χ0v) is 15.9. The zero-order chi connectivity index (χ0) is 17.8. The van der Waals surface area contributed by atoms with Crippen molar-refractivity contribution in [3.63, 3.8) is 0 Å². The van der Waals surface area contributed by atoms with Crippen LogP contribution in [0.3, 0.4) is 0 Å². The maximum atomic E-state index is 12.5. The summed E-state index contributed by atoms with van der Waals surface area (Å²) in [6.07, 6.45) is 0.252. The molecule has 0 fully saturated rings. The van der Waals surface area contributed by atoms with E-state index in [4.69, 9.17) is 23.2 Å². The lowest BCUT2D eigenvalue weighted by Gasteiger charge is -2.17. The topological polar surface area (TPSA) is 33.2 Å². The Balaban J connectivity index is 1.67. The smallest absolute Gasteiger partial charge is 0.228 e. The third kappa shape index (κ3) is 4.40. The summed E-state index contributed by atoms with van der Waals surface area (Å²) in [4.78, 5) is 18.7. The first-order chi connectivity index (χ1) is 12.0. The highest BCUT2D eigenvalue weighted by atomic mass is 35.5. The molecule has 128 valence electrons. The second kappa shape index (κ2) is 8.00. The van der Waals surface area contributed by atoms with Gasteiger partial charge in [0.2, 0.25) is 5.91 Å². The molecule has 1 aromatic heterocycles. The molecular weight excluding hydrogens is 375 g/mol. The van der Waals surface area contributed by atoms with Crippen molar-refractivity contribution in [1.29, 1.82) is 0 Å². The third-order valence-electron chi connectivity index (χ3n) is 3.78. The monoisotopic (exact) mass is 390 g/mol. The predicted octanol–water partition coefficient (Wildman–Crippen LogP) is 5.32. The number of benzene rings is 2. The van der Waals surface area contributed by atoms with Crippen molar-refractivity contribution in [1.82, 2.24) is 9.88 Å². The van der Waals surface area contributed by atoms with Crippen molar-refractivity contribution < 1.29 is 4.79 Å². The minimum Gasteiger partial charge on any atom is -0.341 e. The van der Waals surface area contributed by atoms with E-state index in [1.54, 1.807) is 11.9 Å². The van der Waals surface area contributed by atoms with Gasteiger partial charge in [0.1, 0.15) is 5.01 Å². The van der Waals surface area contributed by atoms with E-state index in [-0.39, 0.29) is 12.3 Å². The lowest BCUT2D eigenvalue weighted by Crippen LogP contribution is -2.27. The van der Waals surface area contributed by atoms with Gasteiger partial charge in [-0.25, -0.2) is 4.98 Å². The van der Waals surface area contributed by atoms with Gasteiger partial charge >= 0.3 is 0 Å². The quantitative estimate of drug-likeness (QED) is 0.590. The number of hydrogen-bond donors (Lipinski definition) is 0. The van der Waals surface area contributed by atoms with E-state index in [0.29, 0.717) is 16.6 Å². The van der Waals surface area contributed by atoms with Gasteiger partial charge in [-0.3, -0.25) is 4.79 Å². The van der Waals surface area contributed by atoms with Crippen molar-refractivity contribution in [3.8, 4) is 10.6 Å². The predicted molar refractivity (Wildman–Crippen MR) is 104 cm³/mol. The molecule has 1 amide bonds. The van der Waals surface area contributed by atoms with Gasteiger partial charge < -0.3 is 4.90 Å². The van der Waals surface area contributed by atoms with Gasteiger partial charge in [-0.2, -0.15) is 0 Å². The lowest BCUT2D eigenvalue weighted by molar-refractivity contribution is -0.129. The minimum absolute atomic E-state index is 0.00377. The van der Waals surface area contributed by atoms with Crippen LogP contribution in [0.2, 0.25) is 10.0 Å². The molecule has 0 saturated heterocycles. The molecule has 0 N–H and O–H groups in total. The molecule has 0 aliphatic rings. The molecule has 6 heteroatoms. The summed E-state index contributed by atoms with van der Waals surface area (Å²) in [7, 11) is 1.77. The first-order valence-corrected chi connectivity index (χ1v) is 9.35. The van der Waals surface area contributed by atoms with E-state index in [2.05, 4.69) is 4.98 Å². The third-order valence-corrected chi connectivity index (χ3v) is 5.40. The van der Waals surface area contributed by atoms with E-state index < -0.39 is 0 Å². The van der Waals surface area contributed by atoms with E-state index in [0.717, 1.165) is 21.8 Å². The van der Waals surface area contributed by atoms with Crippen molar-refractivity contribution in [2.75, 3.05) is 7.05 Å². The molecular formula is C19H16Cl2N2OS. The first-order valence-electron chi connectivity index (χ1n) is 7.71. The molecule has 0 saturated carbocycles. The number of carbonyl (C=O) groups is 1. The summed E-state index contributed by atoms with van der Waals surface area (Å²) >= 11 is 13.9. The molecule has 0 aliphatic carbocycles. The van der Waals surface area contributed by atoms with Crippen molar-refractivity contribution in [2.24, 2.45) is 0 Å². The molecule has 0 aliphatic heterocycles. The van der Waals surface area contributed by atoms with Crippen LogP contribution in [0.4, 0.5) is 0 Å². The fourth-order valence-corrected chi connectivity index (χ4v) is 3.74. The van der Waals surface area contributed by atoms with Gasteiger partial charge in [-0.1, -0.05) is 59.6 Å². The van der Waals surface area contributed by atoms with Crippen LogP contribution in [0.15, 0.2) is 53.9 Å². The van der Waals surface area contributed by atoms with Gasteiger partial charge in [0.05, 0.1) is 17.1 Å². The number of thiazole rings is 1. The Labute approximate surface area is 160 Å². The second-order valence-electron chi connectivity index (χ2n) is 5.64. The number of aromatic nitrogens is 1. The van der Waals surface area contributed by atoms with Gasteiger partial charge in [0.15, 0.2) is 0 Å². The van der Waals surface area contributed by atoms with Crippen molar-refractivity contribution in [2.45, 2.75) is 13.0 Å². The van der Waals surface area contributed by atoms with Crippen LogP contribution in [0.1, 0.15) is 11.3 Å². The van der Waals surface area contributed by atoms with E-state index in [1.165, 1.54) is 11.3 Å². The number of rotatable bonds is 5. The Kier molecular flexibility index (Phi) is 5.74. The Morgan fingerprint density at radius 3 is 2.48 bits per heavy atom. The Hall–Kier alpha value is -1.88. The molecule has 0 atom stereocenters. The van der Waals surface area contributed by atoms with Gasteiger partial charge in [-0.05, 0) is 17.7 Å². The summed E-state index contributed by atoms with van der Waals surface area (Å²) in [5.41, 5.74) is 2.56. The largest absolute Gasteiger partial charge is 0.341 e. The minimum atomic E-state index is -0.00377. The Morgan fingerprint density at radius 2 is 1.76 bits per heavy atom. The number of amides is 1. The average Bonchev–Trinajstić information content (AvgIpc) is 3.05. The van der Waals surface area contributed by atoms with Gasteiger partial charge in [0, 0.05) is 29.6 Å². The molecule has 2 aromatic carbocycles. The molecule has 3 rings (SSSR count). The molecule has 0 unspecified atom stereocenters. The van der Waals surface area contributed by atoms with Crippen LogP contribution in [0.5, 0.6) is 0 Å². The lowest BCUT2D eigenvalue weighted by atomic mass is 10.2. The van der Waals surface area contributed by atoms with Crippen LogP contribution >= 0.6 is 34.5 Å². The van der Waals surface area contributed by atoms with E-state index >= 15 is 0 Å². The van der Waals surface area contributed by atoms with Crippen LogP contribution in [-0.2, 0) is 17.8 Å². The van der Waals surface area contributed by atoms with Crippen LogP contribution in [0, 0.1) is 0 Å². The summed E-state index contributed by atoms with van der Waals surface area (Å²) < 4.78 is 0. The highest BCUT2D eigenvalue weighted by Crippen LogP contribution is 2.30. The van der Waals surface area contributed by atoms with Gasteiger partial charge in [-0.15, -0.1) is 11.3 Å². The number of halogens is 2. The van der Waals surface area contributed by atoms with Crippen LogP contribution < -0.4 is 0 Å². The molecule has 3 nitrogen and oxygen atoms in total. The fraction of sp³-hybridized carbons (Fsp3) is 0.158. The first kappa shape index (κ1) is 17.9. The summed E-state index contributed by atoms with van der Waals surface area (Å²) in [5.74, 6) is -0.00377. The zero-order valence-electron chi connectivity index (χ0n) is 13.6. The van der Waals surface area contributed by atoms with E-state index in [9.17, 15) is 4.79 Å². The number of likely N-dealkylation sites (N-methyl/N-ethyl adjacent to an activating group) is 1. The summed E-state index contributed by atoms with van der Waals surface area (Å²) in [6.45, 7) is 0.472. The highest BCUT2D eigenvalue weighted by Gasteiger charge is 2.15. The Morgan fingerprint density at radius 1 is 1.08 bits per heavy atom. The molecule has 1 heterocycles. The molecule has 25 heavy (non-hydrogen) atoms. The number of nitrogens with zero attached hydrogens (tertiary/aromatic N) is 2. The van der Waals surface area contributed by atoms with Crippen LogP contribution in [0.25, 0.3) is 10.6 Å². The van der Waals surface area contributed by atoms with Crippen molar-refractivity contribution >= 4 is 40.4 Å². The highest BCUT2D eigenvalue weighted by molar-refractivity contribution is 7.13. The maximum absolute atomic E-state index is 12.5. The summed E-state index contributed by atoms with van der Waals surface area (Å²) in [6, 6.07) is 15.1. The summed E-state index contributed by atoms with van der Waals surface area (Å²) in [5, 5.41) is 4.05. The SMILES string of the molecule is CN(Cc1ccccc1Cl)C(=O)Cc1csc(-c2ccccc2Cl)n1. The van der Waals surface area contributed by atoms with Crippen molar-refractivity contribution in [3.05, 3.63) is 75.2 Å². The maximum Gasteiger partial charge on any atom is 0.228 e. The van der Waals surface area contributed by atoms with Gasteiger partial charge in [0.25, 0.3) is 0 Å². The molecule has 0 bridgehead atoms. The fourth-order valence-electron chi connectivity index (χ4n) is 2.41. The molecule has 3 aromatic rings. The Bertz CT molecular complexity index is 894. The second-order valence-corrected chi connectivity index (χ2v) is 7.31. The van der Waals surface area contributed by atoms with Crippen LogP contribution in [-0.4, -0.2) is 22.8 Å². The van der Waals surface area contributed by atoms with E-state index in [1.807, 2.05) is 53.9 Å².